The summed E-state index contributed by atoms with van der Waals surface area (Å²) < 4.78 is 10.5. The molecule has 0 unspecified atom stereocenters. The highest BCUT2D eigenvalue weighted by Gasteiger charge is 2.24. The molecule has 22 heavy (non-hydrogen) atoms. The minimum absolute atomic E-state index is 0.0499. The first kappa shape index (κ1) is 15.1. The Kier molecular flexibility index (Phi) is 4.48. The fourth-order valence-electron chi connectivity index (χ4n) is 2.76. The molecule has 4 nitrogen and oxygen atoms in total. The van der Waals surface area contributed by atoms with E-state index in [1.165, 1.54) is 0 Å². The molecule has 0 bridgehead atoms. The van der Waals surface area contributed by atoms with Gasteiger partial charge in [-0.2, -0.15) is 0 Å². The van der Waals surface area contributed by atoms with Crippen LogP contribution in [-0.2, 0) is 16.1 Å². The van der Waals surface area contributed by atoms with Gasteiger partial charge < -0.3 is 9.26 Å². The first-order chi connectivity index (χ1) is 10.6. The van der Waals surface area contributed by atoms with Crippen LogP contribution < -0.4 is 0 Å². The Balaban J connectivity index is 1.64. The van der Waals surface area contributed by atoms with Crippen LogP contribution in [-0.4, -0.2) is 11.1 Å². The van der Waals surface area contributed by atoms with E-state index in [-0.39, 0.29) is 18.5 Å². The van der Waals surface area contributed by atoms with Crippen LogP contribution in [0.1, 0.15) is 37.0 Å². The number of hydrogen-bond donors (Lipinski definition) is 0. The third kappa shape index (κ3) is 3.33. The fraction of sp³-hybridized carbons (Fsp3) is 0.412. The number of rotatable bonds is 4. The Hall–Kier alpha value is -1.81. The molecule has 0 atom stereocenters. The number of benzene rings is 1. The second-order valence-corrected chi connectivity index (χ2v) is 6.16. The largest absolute Gasteiger partial charge is 0.457 e. The van der Waals surface area contributed by atoms with Crippen molar-refractivity contribution in [2.24, 2.45) is 5.92 Å². The molecule has 3 rings (SSSR count). The van der Waals surface area contributed by atoms with E-state index in [1.807, 2.05) is 25.1 Å². The summed E-state index contributed by atoms with van der Waals surface area (Å²) in [5.41, 5.74) is 2.55. The van der Waals surface area contributed by atoms with Crippen molar-refractivity contribution in [3.8, 4) is 11.3 Å². The normalized spacial score (nSPS) is 15.2. The van der Waals surface area contributed by atoms with Crippen LogP contribution in [0.5, 0.6) is 0 Å². The van der Waals surface area contributed by atoms with Gasteiger partial charge in [-0.3, -0.25) is 4.79 Å². The fourth-order valence-corrected chi connectivity index (χ4v) is 3.09. The summed E-state index contributed by atoms with van der Waals surface area (Å²) in [6, 6.07) is 7.52. The van der Waals surface area contributed by atoms with Gasteiger partial charge in [0.05, 0.1) is 10.9 Å². The van der Waals surface area contributed by atoms with Crippen molar-refractivity contribution in [3.63, 3.8) is 0 Å². The molecule has 0 amide bonds. The zero-order chi connectivity index (χ0) is 15.5. The van der Waals surface area contributed by atoms with E-state index < -0.39 is 0 Å². The predicted molar refractivity (Wildman–Crippen MR) is 83.4 cm³/mol. The molecule has 2 aromatic rings. The van der Waals surface area contributed by atoms with Crippen LogP contribution >= 0.6 is 11.6 Å². The molecule has 1 aromatic heterocycles. The molecule has 1 saturated carbocycles. The van der Waals surface area contributed by atoms with Gasteiger partial charge in [0.25, 0.3) is 0 Å². The quantitative estimate of drug-likeness (QED) is 0.776. The van der Waals surface area contributed by atoms with Crippen molar-refractivity contribution >= 4 is 17.6 Å². The van der Waals surface area contributed by atoms with Crippen molar-refractivity contribution in [3.05, 3.63) is 40.6 Å². The van der Waals surface area contributed by atoms with E-state index in [2.05, 4.69) is 5.16 Å². The highest BCUT2D eigenvalue weighted by atomic mass is 35.5. The molecule has 1 fully saturated rings. The van der Waals surface area contributed by atoms with Crippen molar-refractivity contribution < 1.29 is 14.1 Å². The number of carbonyl (C=O) groups excluding carboxylic acids is 1. The van der Waals surface area contributed by atoms with Gasteiger partial charge in [-0.25, -0.2) is 0 Å². The summed E-state index contributed by atoms with van der Waals surface area (Å²) in [5, 5.41) is 4.63. The van der Waals surface area contributed by atoms with Gasteiger partial charge in [0, 0.05) is 11.6 Å². The van der Waals surface area contributed by atoms with Gasteiger partial charge in [-0.15, -0.1) is 0 Å². The van der Waals surface area contributed by atoms with Crippen LogP contribution in [0, 0.1) is 12.8 Å². The summed E-state index contributed by atoms with van der Waals surface area (Å²) in [4.78, 5) is 11.9. The number of aryl methyl sites for hydroxylation is 1. The average molecular weight is 320 g/mol. The zero-order valence-electron chi connectivity index (χ0n) is 12.5. The maximum Gasteiger partial charge on any atom is 0.309 e. The van der Waals surface area contributed by atoms with Crippen molar-refractivity contribution in [1.82, 2.24) is 5.16 Å². The Morgan fingerprint density at radius 2 is 2.14 bits per heavy atom. The SMILES string of the molecule is Cc1ccc(-c2cc(COC(=O)C3CCCC3)on2)c(Cl)c1. The minimum Gasteiger partial charge on any atom is -0.457 e. The van der Waals surface area contributed by atoms with Crippen molar-refractivity contribution in [1.29, 1.82) is 0 Å². The molecule has 1 aliphatic rings. The lowest BCUT2D eigenvalue weighted by Crippen LogP contribution is -2.14. The standard InChI is InChI=1S/C17H18ClNO3/c1-11-6-7-14(15(18)8-11)16-9-13(22-19-16)10-21-17(20)12-4-2-3-5-12/h6-9,12H,2-5,10H2,1H3. The molecule has 0 aliphatic heterocycles. The van der Waals surface area contributed by atoms with E-state index in [0.717, 1.165) is 36.8 Å². The van der Waals surface area contributed by atoms with Crippen LogP contribution in [0.15, 0.2) is 28.8 Å². The molecular weight excluding hydrogens is 302 g/mol. The molecule has 0 radical (unpaired) electrons. The van der Waals surface area contributed by atoms with Crippen LogP contribution in [0.4, 0.5) is 0 Å². The summed E-state index contributed by atoms with van der Waals surface area (Å²) in [6.07, 6.45) is 4.08. The van der Waals surface area contributed by atoms with Crippen LogP contribution in [0.2, 0.25) is 5.02 Å². The molecule has 0 spiro atoms. The van der Waals surface area contributed by atoms with Crippen LogP contribution in [0.3, 0.4) is 0 Å². The molecule has 1 aromatic carbocycles. The highest BCUT2D eigenvalue weighted by Crippen LogP contribution is 2.29. The number of carbonyl (C=O) groups is 1. The number of halogens is 1. The average Bonchev–Trinajstić information content (AvgIpc) is 3.16. The van der Waals surface area contributed by atoms with E-state index >= 15 is 0 Å². The lowest BCUT2D eigenvalue weighted by atomic mass is 10.1. The van der Waals surface area contributed by atoms with E-state index in [1.54, 1.807) is 6.07 Å². The first-order valence-corrected chi connectivity index (χ1v) is 7.90. The predicted octanol–water partition coefficient (Wildman–Crippen LogP) is 4.54. The number of nitrogens with zero attached hydrogens (tertiary/aromatic N) is 1. The molecule has 0 N–H and O–H groups in total. The smallest absolute Gasteiger partial charge is 0.309 e. The van der Waals surface area contributed by atoms with Gasteiger partial charge in [0.2, 0.25) is 0 Å². The third-order valence-corrected chi connectivity index (χ3v) is 4.32. The lowest BCUT2D eigenvalue weighted by Gasteiger charge is -2.07. The van der Waals surface area contributed by atoms with E-state index in [9.17, 15) is 4.79 Å². The Labute approximate surface area is 134 Å². The first-order valence-electron chi connectivity index (χ1n) is 7.52. The monoisotopic (exact) mass is 319 g/mol. The van der Waals surface area contributed by atoms with Gasteiger partial charge >= 0.3 is 5.97 Å². The summed E-state index contributed by atoms with van der Waals surface area (Å²) in [6.45, 7) is 2.10. The maximum absolute atomic E-state index is 11.9. The third-order valence-electron chi connectivity index (χ3n) is 4.00. The molecule has 5 heteroatoms. The number of ether oxygens (including phenoxy) is 1. The molecule has 0 saturated heterocycles. The summed E-state index contributed by atoms with van der Waals surface area (Å²) in [7, 11) is 0. The zero-order valence-corrected chi connectivity index (χ0v) is 13.2. The molecule has 1 aliphatic carbocycles. The second kappa shape index (κ2) is 6.53. The number of aromatic nitrogens is 1. The van der Waals surface area contributed by atoms with Crippen molar-refractivity contribution in [2.75, 3.05) is 0 Å². The Morgan fingerprint density at radius 3 is 2.86 bits per heavy atom. The Morgan fingerprint density at radius 1 is 1.36 bits per heavy atom. The lowest BCUT2D eigenvalue weighted by molar-refractivity contribution is -0.150. The van der Waals surface area contributed by atoms with Gasteiger partial charge in [-0.1, -0.05) is 41.7 Å². The summed E-state index contributed by atoms with van der Waals surface area (Å²) >= 11 is 6.22. The van der Waals surface area contributed by atoms with Gasteiger partial charge in [-0.05, 0) is 31.4 Å². The number of esters is 1. The van der Waals surface area contributed by atoms with E-state index in [0.29, 0.717) is 16.5 Å². The highest BCUT2D eigenvalue weighted by molar-refractivity contribution is 6.33. The molecular formula is C17H18ClNO3. The van der Waals surface area contributed by atoms with Gasteiger partial charge in [0.15, 0.2) is 12.4 Å². The molecule has 1 heterocycles. The topological polar surface area (TPSA) is 52.3 Å². The number of hydrogen-bond acceptors (Lipinski definition) is 4. The van der Waals surface area contributed by atoms with Crippen molar-refractivity contribution in [2.45, 2.75) is 39.2 Å². The minimum atomic E-state index is -0.135. The van der Waals surface area contributed by atoms with Crippen LogP contribution in [0.25, 0.3) is 11.3 Å². The maximum atomic E-state index is 11.9. The molecule has 116 valence electrons. The van der Waals surface area contributed by atoms with E-state index in [4.69, 9.17) is 20.9 Å². The second-order valence-electron chi connectivity index (χ2n) is 5.75. The van der Waals surface area contributed by atoms with Gasteiger partial charge in [0.1, 0.15) is 5.69 Å². The Bertz CT molecular complexity index is 674. The summed E-state index contributed by atoms with van der Waals surface area (Å²) in [5.74, 6) is 0.441.